The maximum Gasteiger partial charge on any atom is 0.306 e. The molecule has 0 aromatic rings. The van der Waals surface area contributed by atoms with Crippen LogP contribution in [0.5, 0.6) is 0 Å². The summed E-state index contributed by atoms with van der Waals surface area (Å²) in [5.41, 5.74) is 0. The highest BCUT2D eigenvalue weighted by atomic mass is 16.7. The van der Waals surface area contributed by atoms with Crippen LogP contribution in [0.1, 0.15) is 194 Å². The van der Waals surface area contributed by atoms with Crippen LogP contribution in [0.3, 0.4) is 0 Å². The first kappa shape index (κ1) is 52.9. The summed E-state index contributed by atoms with van der Waals surface area (Å²) in [4.78, 5) is 25.3. The molecule has 10 heteroatoms. The smallest absolute Gasteiger partial charge is 0.306 e. The van der Waals surface area contributed by atoms with Gasteiger partial charge >= 0.3 is 11.9 Å². The highest BCUT2D eigenvalue weighted by Crippen LogP contribution is 2.22. The van der Waals surface area contributed by atoms with Crippen LogP contribution in [-0.2, 0) is 28.5 Å². The number of carbonyl (C=O) groups excluding carboxylic acids is 2. The van der Waals surface area contributed by atoms with Crippen LogP contribution in [0, 0.1) is 0 Å². The highest BCUT2D eigenvalue weighted by Gasteiger charge is 2.44. The Hall–Kier alpha value is -2.08. The van der Waals surface area contributed by atoms with Crippen molar-refractivity contribution in [3.63, 3.8) is 0 Å². The predicted molar refractivity (Wildman–Crippen MR) is 229 cm³/mol. The van der Waals surface area contributed by atoms with E-state index in [9.17, 15) is 30.0 Å². The van der Waals surface area contributed by atoms with Crippen molar-refractivity contribution in [1.82, 2.24) is 0 Å². The molecule has 0 aromatic heterocycles. The Labute approximate surface area is 346 Å². The number of carbonyl (C=O) groups is 2. The van der Waals surface area contributed by atoms with Crippen molar-refractivity contribution in [1.29, 1.82) is 0 Å². The summed E-state index contributed by atoms with van der Waals surface area (Å²) in [6, 6.07) is 0. The van der Waals surface area contributed by atoms with E-state index < -0.39 is 49.4 Å². The lowest BCUT2D eigenvalue weighted by Crippen LogP contribution is -2.59. The van der Waals surface area contributed by atoms with Gasteiger partial charge in [-0.15, -0.1) is 0 Å². The average molecular weight is 809 g/mol. The first-order valence-corrected chi connectivity index (χ1v) is 23.1. The number of hydrogen-bond acceptors (Lipinski definition) is 10. The van der Waals surface area contributed by atoms with E-state index in [1.807, 2.05) is 0 Å². The molecule has 1 heterocycles. The third-order valence-electron chi connectivity index (χ3n) is 10.5. The zero-order valence-corrected chi connectivity index (χ0v) is 36.1. The Morgan fingerprint density at radius 3 is 1.51 bits per heavy atom. The van der Waals surface area contributed by atoms with Gasteiger partial charge in [-0.3, -0.25) is 9.59 Å². The Kier molecular flexibility index (Phi) is 35.4. The van der Waals surface area contributed by atoms with Gasteiger partial charge in [-0.2, -0.15) is 0 Å². The van der Waals surface area contributed by atoms with Gasteiger partial charge in [0.2, 0.25) is 0 Å². The van der Waals surface area contributed by atoms with E-state index >= 15 is 0 Å². The van der Waals surface area contributed by atoms with Gasteiger partial charge in [-0.05, 0) is 70.6 Å². The van der Waals surface area contributed by atoms with Crippen molar-refractivity contribution in [2.24, 2.45) is 0 Å². The summed E-state index contributed by atoms with van der Waals surface area (Å²) in [5, 5.41) is 40.1. The average Bonchev–Trinajstić information content (AvgIpc) is 3.21. The second kappa shape index (κ2) is 38.1. The number of rotatable bonds is 38. The van der Waals surface area contributed by atoms with Crippen LogP contribution >= 0.6 is 0 Å². The van der Waals surface area contributed by atoms with Crippen LogP contribution in [-0.4, -0.2) is 89.0 Å². The number of hydrogen-bond donors (Lipinski definition) is 4. The van der Waals surface area contributed by atoms with Gasteiger partial charge in [-0.1, -0.05) is 147 Å². The molecule has 10 nitrogen and oxygen atoms in total. The number of aliphatic hydroxyl groups excluding tert-OH is 4. The molecule has 1 aliphatic rings. The molecule has 6 atom stereocenters. The van der Waals surface area contributed by atoms with Crippen LogP contribution in [0.25, 0.3) is 0 Å². The fourth-order valence-electron chi connectivity index (χ4n) is 6.80. The van der Waals surface area contributed by atoms with Gasteiger partial charge in [-0.25, -0.2) is 0 Å². The molecule has 0 aliphatic carbocycles. The molecule has 1 aliphatic heterocycles. The monoisotopic (exact) mass is 809 g/mol. The molecule has 0 saturated carbocycles. The Bertz CT molecular complexity index is 1030. The molecule has 0 aromatic carbocycles. The molecule has 1 rings (SSSR count). The van der Waals surface area contributed by atoms with Crippen LogP contribution in [0.15, 0.2) is 36.5 Å². The largest absolute Gasteiger partial charge is 0.462 e. The fraction of sp³-hybridized carbons (Fsp3) is 0.830. The van der Waals surface area contributed by atoms with Crippen molar-refractivity contribution in [3.05, 3.63) is 36.5 Å². The molecular weight excluding hydrogens is 725 g/mol. The van der Waals surface area contributed by atoms with E-state index in [0.717, 1.165) is 64.2 Å². The van der Waals surface area contributed by atoms with Crippen molar-refractivity contribution in [2.45, 2.75) is 230 Å². The van der Waals surface area contributed by atoms with Crippen molar-refractivity contribution < 1.29 is 49.0 Å². The van der Waals surface area contributed by atoms with Gasteiger partial charge in [0.1, 0.15) is 31.0 Å². The van der Waals surface area contributed by atoms with E-state index in [1.165, 1.54) is 96.3 Å². The SMILES string of the molecule is CCCCC/C=C/C/C=C/CCCCCCCCCC(=O)O[C@H](COC(=O)CCCCCCCCC/C=C/CCCCCC)CO[C@@H]1O[C@H](CO)[C@H](O)C(O)C1O. The van der Waals surface area contributed by atoms with E-state index in [0.29, 0.717) is 6.42 Å². The number of aliphatic hydroxyl groups is 4. The van der Waals surface area contributed by atoms with Crippen LogP contribution < -0.4 is 0 Å². The maximum atomic E-state index is 12.8. The van der Waals surface area contributed by atoms with Gasteiger partial charge in [0, 0.05) is 12.8 Å². The highest BCUT2D eigenvalue weighted by molar-refractivity contribution is 5.70. The van der Waals surface area contributed by atoms with E-state index in [4.69, 9.17) is 18.9 Å². The van der Waals surface area contributed by atoms with Crippen LogP contribution in [0.2, 0.25) is 0 Å². The zero-order valence-electron chi connectivity index (χ0n) is 36.1. The minimum atomic E-state index is -1.60. The minimum absolute atomic E-state index is 0.220. The first-order valence-electron chi connectivity index (χ1n) is 23.1. The summed E-state index contributed by atoms with van der Waals surface area (Å²) in [7, 11) is 0. The van der Waals surface area contributed by atoms with E-state index in [-0.39, 0.29) is 32.0 Å². The van der Waals surface area contributed by atoms with Gasteiger partial charge in [0.05, 0.1) is 13.2 Å². The van der Waals surface area contributed by atoms with Gasteiger partial charge in [0.25, 0.3) is 0 Å². The van der Waals surface area contributed by atoms with Crippen molar-refractivity contribution in [2.75, 3.05) is 19.8 Å². The molecule has 1 fully saturated rings. The molecule has 4 N–H and O–H groups in total. The molecule has 0 amide bonds. The van der Waals surface area contributed by atoms with E-state index in [2.05, 4.69) is 50.3 Å². The first-order chi connectivity index (χ1) is 27.8. The Morgan fingerprint density at radius 2 is 0.982 bits per heavy atom. The summed E-state index contributed by atoms with van der Waals surface area (Å²) < 4.78 is 22.2. The minimum Gasteiger partial charge on any atom is -0.462 e. The maximum absolute atomic E-state index is 12.8. The summed E-state index contributed by atoms with van der Waals surface area (Å²) in [5.74, 6) is -0.818. The molecule has 2 unspecified atom stereocenters. The molecule has 0 radical (unpaired) electrons. The number of ether oxygens (including phenoxy) is 4. The summed E-state index contributed by atoms with van der Waals surface area (Å²) in [6.45, 7) is 3.38. The lowest BCUT2D eigenvalue weighted by Gasteiger charge is -2.39. The number of esters is 2. The third kappa shape index (κ3) is 29.7. The lowest BCUT2D eigenvalue weighted by molar-refractivity contribution is -0.305. The number of unbranched alkanes of at least 4 members (excludes halogenated alkanes) is 21. The van der Waals surface area contributed by atoms with Crippen molar-refractivity contribution >= 4 is 11.9 Å². The van der Waals surface area contributed by atoms with Gasteiger partial charge in [0.15, 0.2) is 12.4 Å². The molecule has 1 saturated heterocycles. The second-order valence-electron chi connectivity index (χ2n) is 15.8. The van der Waals surface area contributed by atoms with Gasteiger partial charge < -0.3 is 39.4 Å². The fourth-order valence-corrected chi connectivity index (χ4v) is 6.80. The topological polar surface area (TPSA) is 152 Å². The summed E-state index contributed by atoms with van der Waals surface area (Å²) >= 11 is 0. The molecule has 0 spiro atoms. The zero-order chi connectivity index (χ0) is 41.6. The Morgan fingerprint density at radius 1 is 0.544 bits per heavy atom. The van der Waals surface area contributed by atoms with E-state index in [1.54, 1.807) is 0 Å². The quantitative estimate of drug-likeness (QED) is 0.0270. The second-order valence-corrected chi connectivity index (χ2v) is 15.8. The van der Waals surface area contributed by atoms with Crippen LogP contribution in [0.4, 0.5) is 0 Å². The third-order valence-corrected chi connectivity index (χ3v) is 10.5. The Balaban J connectivity index is 2.33. The predicted octanol–water partition coefficient (Wildman–Crippen LogP) is 9.89. The molecule has 57 heavy (non-hydrogen) atoms. The number of allylic oxidation sites excluding steroid dienone is 6. The normalized spacial score (nSPS) is 20.6. The lowest BCUT2D eigenvalue weighted by atomic mass is 9.99. The molecular formula is C47H84O10. The summed E-state index contributed by atoms with van der Waals surface area (Å²) in [6.07, 6.45) is 35.7. The molecule has 0 bridgehead atoms. The standard InChI is InChI=1S/C47H84O10/c1-3-5-7-9-11-13-15-17-19-20-22-24-26-28-30-32-34-36-43(50)56-40(39-55-47-46(53)45(52)44(51)41(37-48)57-47)38-54-42(49)35-33-31-29-27-25-23-21-18-16-14-12-10-8-6-4-2/h11,13-14,16-17,19,40-41,44-48,51-53H,3-10,12,15,18,20-39H2,1-2H3/b13-11+,16-14+,19-17+/t40-,41-,44+,45?,46?,47-/m1/s1. The van der Waals surface area contributed by atoms with Crippen molar-refractivity contribution in [3.8, 4) is 0 Å². The molecule has 332 valence electrons.